The van der Waals surface area contributed by atoms with Crippen LogP contribution in [0.25, 0.3) is 0 Å². The van der Waals surface area contributed by atoms with Gasteiger partial charge in [-0.15, -0.1) is 12.4 Å². The first-order chi connectivity index (χ1) is 8.15. The quantitative estimate of drug-likeness (QED) is 0.888. The van der Waals surface area contributed by atoms with Crippen LogP contribution in [0.1, 0.15) is 19.4 Å². The monoisotopic (exact) mass is 268 g/mol. The van der Waals surface area contributed by atoms with Gasteiger partial charge in [-0.1, -0.05) is 30.3 Å². The van der Waals surface area contributed by atoms with Crippen LogP contribution in [-0.4, -0.2) is 36.0 Å². The molecule has 0 radical (unpaired) electrons. The topological polar surface area (TPSA) is 32.3 Å². The van der Waals surface area contributed by atoms with E-state index in [0.717, 1.165) is 18.7 Å². The first-order valence-corrected chi connectivity index (χ1v) is 6.23. The zero-order valence-electron chi connectivity index (χ0n) is 10.9. The van der Waals surface area contributed by atoms with Gasteiger partial charge in [0.2, 0.25) is 5.91 Å². The average molecular weight is 269 g/mol. The van der Waals surface area contributed by atoms with Crippen LogP contribution in [0.2, 0.25) is 0 Å². The summed E-state index contributed by atoms with van der Waals surface area (Å²) in [6.45, 7) is 5.88. The van der Waals surface area contributed by atoms with Crippen molar-refractivity contribution in [2.45, 2.75) is 32.4 Å². The van der Waals surface area contributed by atoms with Crippen LogP contribution in [0, 0.1) is 0 Å². The minimum Gasteiger partial charge on any atom is -0.339 e. The highest BCUT2D eigenvalue weighted by atomic mass is 35.5. The number of hydrogen-bond donors (Lipinski definition) is 1. The van der Waals surface area contributed by atoms with Gasteiger partial charge in [0.15, 0.2) is 0 Å². The van der Waals surface area contributed by atoms with Crippen molar-refractivity contribution in [1.29, 1.82) is 0 Å². The van der Waals surface area contributed by atoms with E-state index in [0.29, 0.717) is 18.5 Å². The van der Waals surface area contributed by atoms with E-state index in [1.54, 1.807) is 0 Å². The fraction of sp³-hybridized carbons (Fsp3) is 0.500. The van der Waals surface area contributed by atoms with Gasteiger partial charge in [0.05, 0.1) is 6.42 Å². The summed E-state index contributed by atoms with van der Waals surface area (Å²) < 4.78 is 0. The summed E-state index contributed by atoms with van der Waals surface area (Å²) in [6.07, 6.45) is 0.514. The van der Waals surface area contributed by atoms with Crippen LogP contribution in [0.15, 0.2) is 30.3 Å². The lowest BCUT2D eigenvalue weighted by Gasteiger charge is -2.36. The Hall–Kier alpha value is -1.06. The molecular weight excluding hydrogens is 248 g/mol. The molecule has 0 aliphatic carbocycles. The van der Waals surface area contributed by atoms with E-state index in [9.17, 15) is 4.79 Å². The van der Waals surface area contributed by atoms with Crippen LogP contribution in [0.5, 0.6) is 0 Å². The zero-order chi connectivity index (χ0) is 12.3. The van der Waals surface area contributed by atoms with Gasteiger partial charge in [0.1, 0.15) is 0 Å². The fourth-order valence-electron chi connectivity index (χ4n) is 2.41. The Morgan fingerprint density at radius 1 is 1.22 bits per heavy atom. The number of amides is 1. The van der Waals surface area contributed by atoms with E-state index >= 15 is 0 Å². The normalized spacial score (nSPS) is 23.3. The molecule has 100 valence electrons. The molecule has 18 heavy (non-hydrogen) atoms. The molecule has 1 heterocycles. The van der Waals surface area contributed by atoms with E-state index < -0.39 is 0 Å². The van der Waals surface area contributed by atoms with E-state index in [1.807, 2.05) is 35.2 Å². The number of hydrogen-bond acceptors (Lipinski definition) is 2. The molecular formula is C14H21ClN2O. The van der Waals surface area contributed by atoms with Gasteiger partial charge in [-0.05, 0) is 19.4 Å². The molecule has 1 amide bonds. The third kappa shape index (κ3) is 4.00. The number of benzene rings is 1. The van der Waals surface area contributed by atoms with Crippen molar-refractivity contribution in [3.05, 3.63) is 35.9 Å². The second kappa shape index (κ2) is 6.76. The zero-order valence-corrected chi connectivity index (χ0v) is 11.7. The Balaban J connectivity index is 0.00000162. The summed E-state index contributed by atoms with van der Waals surface area (Å²) in [6, 6.07) is 10.7. The largest absolute Gasteiger partial charge is 0.339 e. The van der Waals surface area contributed by atoms with Crippen molar-refractivity contribution in [2.24, 2.45) is 0 Å². The molecule has 2 unspecified atom stereocenters. The SMILES string of the molecule is CC1CN(C(=O)Cc2ccccc2)CC(C)N1.Cl. The summed E-state index contributed by atoms with van der Waals surface area (Å²) in [5, 5.41) is 3.43. The van der Waals surface area contributed by atoms with Gasteiger partial charge >= 0.3 is 0 Å². The highest BCUT2D eigenvalue weighted by molar-refractivity contribution is 5.85. The van der Waals surface area contributed by atoms with Gasteiger partial charge in [0, 0.05) is 25.2 Å². The molecule has 3 nitrogen and oxygen atoms in total. The van der Waals surface area contributed by atoms with Crippen LogP contribution >= 0.6 is 12.4 Å². The van der Waals surface area contributed by atoms with Crippen molar-refractivity contribution in [1.82, 2.24) is 10.2 Å². The highest BCUT2D eigenvalue weighted by Crippen LogP contribution is 2.08. The predicted octanol–water partition coefficient (Wildman–Crippen LogP) is 1.86. The van der Waals surface area contributed by atoms with Gasteiger partial charge in [0.25, 0.3) is 0 Å². The predicted molar refractivity (Wildman–Crippen MR) is 76.0 cm³/mol. The Morgan fingerprint density at radius 3 is 2.33 bits per heavy atom. The lowest BCUT2D eigenvalue weighted by molar-refractivity contribution is -0.132. The summed E-state index contributed by atoms with van der Waals surface area (Å²) >= 11 is 0. The molecule has 1 N–H and O–H groups in total. The minimum absolute atomic E-state index is 0. The maximum absolute atomic E-state index is 12.2. The lowest BCUT2D eigenvalue weighted by atomic mass is 10.1. The number of nitrogens with zero attached hydrogens (tertiary/aromatic N) is 1. The fourth-order valence-corrected chi connectivity index (χ4v) is 2.41. The molecule has 0 bridgehead atoms. The van der Waals surface area contributed by atoms with Crippen LogP contribution in [0.3, 0.4) is 0 Å². The molecule has 1 aromatic rings. The van der Waals surface area contributed by atoms with Crippen molar-refractivity contribution in [2.75, 3.05) is 13.1 Å². The smallest absolute Gasteiger partial charge is 0.227 e. The number of nitrogens with one attached hydrogen (secondary N) is 1. The average Bonchev–Trinajstić information content (AvgIpc) is 2.29. The van der Waals surface area contributed by atoms with Gasteiger partial charge in [-0.3, -0.25) is 4.79 Å². The standard InChI is InChI=1S/C14H20N2O.ClH/c1-11-9-16(10-12(2)15-11)14(17)8-13-6-4-3-5-7-13;/h3-7,11-12,15H,8-10H2,1-2H3;1H. The van der Waals surface area contributed by atoms with Crippen LogP contribution in [-0.2, 0) is 11.2 Å². The van der Waals surface area contributed by atoms with E-state index in [4.69, 9.17) is 0 Å². The lowest BCUT2D eigenvalue weighted by Crippen LogP contribution is -2.56. The summed E-state index contributed by atoms with van der Waals surface area (Å²) in [7, 11) is 0. The molecule has 1 saturated heterocycles. The number of carbonyl (C=O) groups is 1. The minimum atomic E-state index is 0. The van der Waals surface area contributed by atoms with Crippen molar-refractivity contribution in [3.63, 3.8) is 0 Å². The number of carbonyl (C=O) groups excluding carboxylic acids is 1. The van der Waals surface area contributed by atoms with Crippen molar-refractivity contribution < 1.29 is 4.79 Å². The maximum atomic E-state index is 12.2. The first kappa shape index (κ1) is 15.0. The van der Waals surface area contributed by atoms with Gasteiger partial charge in [-0.2, -0.15) is 0 Å². The first-order valence-electron chi connectivity index (χ1n) is 6.23. The third-order valence-electron chi connectivity index (χ3n) is 3.11. The van der Waals surface area contributed by atoms with Crippen LogP contribution < -0.4 is 5.32 Å². The van der Waals surface area contributed by atoms with Crippen LogP contribution in [0.4, 0.5) is 0 Å². The molecule has 2 rings (SSSR count). The number of halogens is 1. The molecule has 1 aliphatic heterocycles. The van der Waals surface area contributed by atoms with E-state index in [2.05, 4.69) is 19.2 Å². The molecule has 2 atom stereocenters. The number of rotatable bonds is 2. The van der Waals surface area contributed by atoms with E-state index in [1.165, 1.54) is 0 Å². The molecule has 1 fully saturated rings. The van der Waals surface area contributed by atoms with Gasteiger partial charge in [-0.25, -0.2) is 0 Å². The molecule has 4 heteroatoms. The Kier molecular flexibility index (Phi) is 5.63. The second-order valence-corrected chi connectivity index (χ2v) is 4.93. The molecule has 1 aromatic carbocycles. The summed E-state index contributed by atoms with van der Waals surface area (Å²) in [5.41, 5.74) is 1.09. The maximum Gasteiger partial charge on any atom is 0.227 e. The Labute approximate surface area is 115 Å². The van der Waals surface area contributed by atoms with E-state index in [-0.39, 0.29) is 18.3 Å². The number of piperazine rings is 1. The molecule has 1 aliphatic rings. The highest BCUT2D eigenvalue weighted by Gasteiger charge is 2.24. The molecule has 0 saturated carbocycles. The summed E-state index contributed by atoms with van der Waals surface area (Å²) in [5.74, 6) is 0.233. The van der Waals surface area contributed by atoms with Crippen molar-refractivity contribution >= 4 is 18.3 Å². The summed E-state index contributed by atoms with van der Waals surface area (Å²) in [4.78, 5) is 14.1. The third-order valence-corrected chi connectivity index (χ3v) is 3.11. The van der Waals surface area contributed by atoms with Crippen molar-refractivity contribution in [3.8, 4) is 0 Å². The Morgan fingerprint density at radius 2 is 1.78 bits per heavy atom. The molecule has 0 spiro atoms. The molecule has 0 aromatic heterocycles. The van der Waals surface area contributed by atoms with Gasteiger partial charge < -0.3 is 10.2 Å². The second-order valence-electron chi connectivity index (χ2n) is 4.93. The Bertz CT molecular complexity index is 373.